The van der Waals surface area contributed by atoms with Gasteiger partial charge in [0.05, 0.1) is 25.4 Å². The molecule has 1 atom stereocenters. The van der Waals surface area contributed by atoms with E-state index in [1.165, 1.54) is 0 Å². The fourth-order valence-corrected chi connectivity index (χ4v) is 3.97. The molecule has 0 bridgehead atoms. The number of carbonyl (C=O) groups excluding carboxylic acids is 1. The number of ether oxygens (including phenoxy) is 1. The standard InChI is InChI=1S/C18H31N2O4P/c1-6-22-18(21)17-9-7-16(8-10-17)13-24-25(23-12-11-19)20(14(2)3)15(4)5/h7-10,14-15H,6,11-13,19H2,1-5H3. The molecule has 6 nitrogen and oxygen atoms in total. The van der Waals surface area contributed by atoms with Gasteiger partial charge in [-0.05, 0) is 52.3 Å². The molecule has 1 unspecified atom stereocenters. The van der Waals surface area contributed by atoms with E-state index in [0.717, 1.165) is 5.56 Å². The minimum atomic E-state index is -1.20. The number of esters is 1. The van der Waals surface area contributed by atoms with E-state index in [1.807, 2.05) is 12.1 Å². The highest BCUT2D eigenvalue weighted by Gasteiger charge is 2.27. The summed E-state index contributed by atoms with van der Waals surface area (Å²) in [4.78, 5) is 11.7. The topological polar surface area (TPSA) is 74.0 Å². The fraction of sp³-hybridized carbons (Fsp3) is 0.611. The number of carbonyl (C=O) groups is 1. The van der Waals surface area contributed by atoms with E-state index in [1.54, 1.807) is 19.1 Å². The van der Waals surface area contributed by atoms with Gasteiger partial charge in [0, 0.05) is 18.6 Å². The lowest BCUT2D eigenvalue weighted by Gasteiger charge is -2.35. The maximum atomic E-state index is 11.7. The van der Waals surface area contributed by atoms with Gasteiger partial charge in [-0.3, -0.25) is 0 Å². The van der Waals surface area contributed by atoms with Crippen molar-refractivity contribution in [3.05, 3.63) is 35.4 Å². The van der Waals surface area contributed by atoms with Crippen molar-refractivity contribution in [1.82, 2.24) is 4.67 Å². The average Bonchev–Trinajstić information content (AvgIpc) is 2.57. The second-order valence-electron chi connectivity index (χ2n) is 6.12. The van der Waals surface area contributed by atoms with Gasteiger partial charge in [-0.1, -0.05) is 12.1 Å². The highest BCUT2D eigenvalue weighted by Crippen LogP contribution is 2.46. The van der Waals surface area contributed by atoms with Crippen LogP contribution in [-0.2, 0) is 20.4 Å². The van der Waals surface area contributed by atoms with E-state index >= 15 is 0 Å². The summed E-state index contributed by atoms with van der Waals surface area (Å²) >= 11 is 0. The summed E-state index contributed by atoms with van der Waals surface area (Å²) in [5, 5.41) is 0. The molecule has 0 fully saturated rings. The van der Waals surface area contributed by atoms with Crippen molar-refractivity contribution in [1.29, 1.82) is 0 Å². The van der Waals surface area contributed by atoms with Crippen molar-refractivity contribution in [2.24, 2.45) is 5.73 Å². The number of nitrogens with zero attached hydrogens (tertiary/aromatic N) is 1. The Balaban J connectivity index is 2.73. The van der Waals surface area contributed by atoms with Crippen LogP contribution in [0.15, 0.2) is 24.3 Å². The largest absolute Gasteiger partial charge is 0.462 e. The number of hydrogen-bond donors (Lipinski definition) is 1. The van der Waals surface area contributed by atoms with Gasteiger partial charge < -0.3 is 19.5 Å². The third-order valence-electron chi connectivity index (χ3n) is 3.37. The van der Waals surface area contributed by atoms with Crippen LogP contribution in [0.3, 0.4) is 0 Å². The molecule has 0 radical (unpaired) electrons. The lowest BCUT2D eigenvalue weighted by atomic mass is 10.1. The van der Waals surface area contributed by atoms with Gasteiger partial charge in [-0.25, -0.2) is 9.46 Å². The maximum absolute atomic E-state index is 11.7. The molecular weight excluding hydrogens is 339 g/mol. The molecule has 0 aliphatic heterocycles. The number of hydrogen-bond acceptors (Lipinski definition) is 6. The molecule has 0 aliphatic carbocycles. The van der Waals surface area contributed by atoms with Crippen LogP contribution in [0.5, 0.6) is 0 Å². The minimum Gasteiger partial charge on any atom is -0.462 e. The first-order valence-corrected chi connectivity index (χ1v) is 9.84. The van der Waals surface area contributed by atoms with Crippen LogP contribution in [0, 0.1) is 0 Å². The van der Waals surface area contributed by atoms with E-state index in [0.29, 0.717) is 44.0 Å². The van der Waals surface area contributed by atoms with Crippen LogP contribution in [0.1, 0.15) is 50.5 Å². The van der Waals surface area contributed by atoms with Crippen LogP contribution in [0.25, 0.3) is 0 Å². The lowest BCUT2D eigenvalue weighted by Crippen LogP contribution is -2.34. The molecule has 1 aromatic carbocycles. The second-order valence-corrected chi connectivity index (χ2v) is 7.57. The molecule has 0 heterocycles. The predicted molar refractivity (Wildman–Crippen MR) is 101 cm³/mol. The predicted octanol–water partition coefficient (Wildman–Crippen LogP) is 3.70. The molecule has 1 rings (SSSR count). The third-order valence-corrected chi connectivity index (χ3v) is 5.43. The van der Waals surface area contributed by atoms with Gasteiger partial charge in [0.15, 0.2) is 0 Å². The summed E-state index contributed by atoms with van der Waals surface area (Å²) < 4.78 is 19.1. The smallest absolute Gasteiger partial charge is 0.338 e. The summed E-state index contributed by atoms with van der Waals surface area (Å²) in [6.45, 7) is 12.0. The summed E-state index contributed by atoms with van der Waals surface area (Å²) in [5.41, 5.74) is 7.09. The Bertz CT molecular complexity index is 500. The Morgan fingerprint density at radius 3 is 2.20 bits per heavy atom. The molecule has 7 heteroatoms. The van der Waals surface area contributed by atoms with Crippen molar-refractivity contribution in [2.45, 2.75) is 53.3 Å². The zero-order valence-corrected chi connectivity index (χ0v) is 16.8. The first-order chi connectivity index (χ1) is 11.9. The van der Waals surface area contributed by atoms with Crippen molar-refractivity contribution < 1.29 is 18.6 Å². The molecular formula is C18H31N2O4P. The summed E-state index contributed by atoms with van der Waals surface area (Å²) in [6.07, 6.45) is 0. The molecule has 0 spiro atoms. The fourth-order valence-electron chi connectivity index (χ4n) is 2.36. The minimum absolute atomic E-state index is 0.301. The molecule has 0 saturated carbocycles. The molecule has 0 saturated heterocycles. The normalized spacial score (nSPS) is 12.8. The van der Waals surface area contributed by atoms with Gasteiger partial charge in [0.25, 0.3) is 8.53 Å². The van der Waals surface area contributed by atoms with Crippen molar-refractivity contribution in [2.75, 3.05) is 19.8 Å². The highest BCUT2D eigenvalue weighted by atomic mass is 31.2. The molecule has 1 aromatic rings. The Morgan fingerprint density at radius 1 is 1.12 bits per heavy atom. The van der Waals surface area contributed by atoms with E-state index in [4.69, 9.17) is 19.5 Å². The zero-order valence-electron chi connectivity index (χ0n) is 15.9. The van der Waals surface area contributed by atoms with Gasteiger partial charge >= 0.3 is 5.97 Å². The number of nitrogens with two attached hydrogens (primary N) is 1. The average molecular weight is 370 g/mol. The van der Waals surface area contributed by atoms with Crippen LogP contribution < -0.4 is 5.73 Å². The zero-order chi connectivity index (χ0) is 18.8. The van der Waals surface area contributed by atoms with Gasteiger partial charge in [-0.2, -0.15) is 0 Å². The van der Waals surface area contributed by atoms with E-state index in [-0.39, 0.29) is 5.97 Å². The maximum Gasteiger partial charge on any atom is 0.338 e. The van der Waals surface area contributed by atoms with Crippen molar-refractivity contribution in [3.8, 4) is 0 Å². The first kappa shape index (κ1) is 22.0. The molecule has 0 aromatic heterocycles. The molecule has 142 valence electrons. The summed E-state index contributed by atoms with van der Waals surface area (Å²) in [7, 11) is -1.20. The molecule has 0 aliphatic rings. The van der Waals surface area contributed by atoms with Crippen molar-refractivity contribution in [3.63, 3.8) is 0 Å². The third kappa shape index (κ3) is 7.38. The van der Waals surface area contributed by atoms with E-state index < -0.39 is 8.53 Å². The lowest BCUT2D eigenvalue weighted by molar-refractivity contribution is 0.0526. The van der Waals surface area contributed by atoms with Crippen LogP contribution in [0.2, 0.25) is 0 Å². The molecule has 25 heavy (non-hydrogen) atoms. The Hall–Kier alpha value is -1.04. The summed E-state index contributed by atoms with van der Waals surface area (Å²) in [6, 6.07) is 7.85. The van der Waals surface area contributed by atoms with Gasteiger partial charge in [-0.15, -0.1) is 0 Å². The number of rotatable bonds is 11. The Kier molecular flexibility index (Phi) is 10.2. The van der Waals surface area contributed by atoms with Crippen LogP contribution >= 0.6 is 8.53 Å². The number of benzene rings is 1. The Labute approximate surface area is 152 Å². The van der Waals surface area contributed by atoms with E-state index in [9.17, 15) is 4.79 Å². The first-order valence-electron chi connectivity index (χ1n) is 8.71. The van der Waals surface area contributed by atoms with Gasteiger partial charge in [0.2, 0.25) is 0 Å². The van der Waals surface area contributed by atoms with Crippen molar-refractivity contribution >= 4 is 14.5 Å². The molecule has 2 N–H and O–H groups in total. The quantitative estimate of drug-likeness (QED) is 0.473. The second kappa shape index (κ2) is 11.6. The summed E-state index contributed by atoms with van der Waals surface area (Å²) in [5.74, 6) is -0.311. The highest BCUT2D eigenvalue weighted by molar-refractivity contribution is 7.44. The van der Waals surface area contributed by atoms with Gasteiger partial charge in [0.1, 0.15) is 0 Å². The Morgan fingerprint density at radius 2 is 1.72 bits per heavy atom. The van der Waals surface area contributed by atoms with Crippen LogP contribution in [-0.4, -0.2) is 42.5 Å². The SMILES string of the molecule is CCOC(=O)c1ccc(COP(OCCN)N(C(C)C)C(C)C)cc1. The van der Waals surface area contributed by atoms with E-state index in [2.05, 4.69) is 32.4 Å². The monoisotopic (exact) mass is 370 g/mol. The molecule has 0 amide bonds. The van der Waals surface area contributed by atoms with Crippen LogP contribution in [0.4, 0.5) is 0 Å².